The Hall–Kier alpha value is -1.27. The molecule has 112 valence electrons. The molecule has 20 heavy (non-hydrogen) atoms. The highest BCUT2D eigenvalue weighted by Crippen LogP contribution is 2.27. The number of oxime groups is 1. The van der Waals surface area contributed by atoms with Gasteiger partial charge in [-0.2, -0.15) is 5.10 Å². The van der Waals surface area contributed by atoms with E-state index < -0.39 is 0 Å². The van der Waals surface area contributed by atoms with Crippen molar-refractivity contribution >= 4 is 17.4 Å². The molecule has 1 aromatic heterocycles. The molecule has 2 rings (SSSR count). The van der Waals surface area contributed by atoms with Crippen molar-refractivity contribution in [2.24, 2.45) is 17.9 Å². The molecule has 0 aliphatic heterocycles. The second kappa shape index (κ2) is 6.45. The van der Waals surface area contributed by atoms with Gasteiger partial charge < -0.3 is 10.9 Å². The molecular weight excluding hydrogens is 278 g/mol. The Labute approximate surface area is 124 Å². The van der Waals surface area contributed by atoms with Gasteiger partial charge in [0, 0.05) is 19.6 Å². The maximum atomic E-state index is 8.80. The third kappa shape index (κ3) is 3.24. The van der Waals surface area contributed by atoms with Crippen LogP contribution in [0.25, 0.3) is 0 Å². The van der Waals surface area contributed by atoms with Gasteiger partial charge >= 0.3 is 0 Å². The molecule has 0 atom stereocenters. The van der Waals surface area contributed by atoms with E-state index in [0.717, 1.165) is 24.2 Å². The third-order valence-electron chi connectivity index (χ3n) is 3.95. The molecule has 7 heteroatoms. The lowest BCUT2D eigenvalue weighted by atomic mass is 10.2. The summed E-state index contributed by atoms with van der Waals surface area (Å²) in [7, 11) is 1.89. The summed E-state index contributed by atoms with van der Waals surface area (Å²) in [6.07, 6.45) is 4.76. The minimum atomic E-state index is 0.229. The normalized spacial score (nSPS) is 17.3. The predicted molar refractivity (Wildman–Crippen MR) is 79.0 cm³/mol. The van der Waals surface area contributed by atoms with Crippen LogP contribution in [0.4, 0.5) is 0 Å². The van der Waals surface area contributed by atoms with Gasteiger partial charge in [-0.15, -0.1) is 0 Å². The monoisotopic (exact) mass is 299 g/mol. The van der Waals surface area contributed by atoms with Crippen LogP contribution in [-0.4, -0.2) is 38.3 Å². The molecule has 1 aromatic rings. The lowest BCUT2D eigenvalue weighted by Gasteiger charge is -2.28. The summed E-state index contributed by atoms with van der Waals surface area (Å²) < 4.78 is 1.81. The van der Waals surface area contributed by atoms with Gasteiger partial charge in [0.15, 0.2) is 5.84 Å². The minimum absolute atomic E-state index is 0.229. The van der Waals surface area contributed by atoms with Gasteiger partial charge in [-0.1, -0.05) is 29.6 Å². The fourth-order valence-corrected chi connectivity index (χ4v) is 3.09. The Kier molecular flexibility index (Phi) is 4.88. The molecule has 0 bridgehead atoms. The van der Waals surface area contributed by atoms with E-state index in [1.165, 1.54) is 12.8 Å². The number of hydrogen-bond acceptors (Lipinski definition) is 4. The Bertz CT molecular complexity index is 493. The van der Waals surface area contributed by atoms with Gasteiger partial charge in [-0.05, 0) is 19.8 Å². The number of rotatable bonds is 5. The van der Waals surface area contributed by atoms with E-state index in [0.29, 0.717) is 24.2 Å². The molecule has 0 amide bonds. The summed E-state index contributed by atoms with van der Waals surface area (Å²) in [5, 5.41) is 16.9. The zero-order valence-electron chi connectivity index (χ0n) is 12.0. The smallest absolute Gasteiger partial charge is 0.153 e. The summed E-state index contributed by atoms with van der Waals surface area (Å²) in [5.41, 5.74) is 7.49. The van der Waals surface area contributed by atoms with Crippen LogP contribution >= 0.6 is 11.6 Å². The zero-order chi connectivity index (χ0) is 14.7. The molecule has 1 fully saturated rings. The lowest BCUT2D eigenvalue weighted by Crippen LogP contribution is -2.40. The Morgan fingerprint density at radius 2 is 2.20 bits per heavy atom. The van der Waals surface area contributed by atoms with Crippen molar-refractivity contribution in [2.45, 2.75) is 45.2 Å². The first-order chi connectivity index (χ1) is 9.52. The van der Waals surface area contributed by atoms with Crippen molar-refractivity contribution in [1.82, 2.24) is 14.7 Å². The second-order valence-corrected chi connectivity index (χ2v) is 5.78. The van der Waals surface area contributed by atoms with Crippen molar-refractivity contribution in [3.05, 3.63) is 16.4 Å². The SMILES string of the molecule is Cc1nn(C)c(CN(CC(N)=NO)C2CCCC2)c1Cl. The number of hydrogen-bond donors (Lipinski definition) is 2. The van der Waals surface area contributed by atoms with Gasteiger partial charge in [-0.25, -0.2) is 0 Å². The Balaban J connectivity index is 2.18. The van der Waals surface area contributed by atoms with Crippen LogP contribution in [0, 0.1) is 6.92 Å². The maximum Gasteiger partial charge on any atom is 0.153 e. The lowest BCUT2D eigenvalue weighted by molar-refractivity contribution is 0.209. The highest BCUT2D eigenvalue weighted by Gasteiger charge is 2.25. The minimum Gasteiger partial charge on any atom is -0.409 e. The summed E-state index contributed by atoms with van der Waals surface area (Å²) in [5.74, 6) is 0.229. The Morgan fingerprint density at radius 1 is 1.55 bits per heavy atom. The number of aromatic nitrogens is 2. The fraction of sp³-hybridized carbons (Fsp3) is 0.692. The first-order valence-corrected chi connectivity index (χ1v) is 7.29. The average Bonchev–Trinajstić information content (AvgIpc) is 3.02. The number of halogens is 1. The third-order valence-corrected chi connectivity index (χ3v) is 4.44. The van der Waals surface area contributed by atoms with Crippen LogP contribution in [0.15, 0.2) is 5.16 Å². The van der Waals surface area contributed by atoms with Crippen molar-refractivity contribution in [1.29, 1.82) is 0 Å². The molecule has 0 radical (unpaired) electrons. The zero-order valence-corrected chi connectivity index (χ0v) is 12.8. The molecular formula is C13H22ClN5O. The highest BCUT2D eigenvalue weighted by molar-refractivity contribution is 6.31. The van der Waals surface area contributed by atoms with Gasteiger partial charge in [-0.3, -0.25) is 9.58 Å². The van der Waals surface area contributed by atoms with Crippen molar-refractivity contribution < 1.29 is 5.21 Å². The van der Waals surface area contributed by atoms with E-state index >= 15 is 0 Å². The van der Waals surface area contributed by atoms with Crippen molar-refractivity contribution in [3.63, 3.8) is 0 Å². The number of aryl methyl sites for hydroxylation is 2. The fourth-order valence-electron chi connectivity index (χ4n) is 2.87. The Morgan fingerprint density at radius 3 is 2.70 bits per heavy atom. The van der Waals surface area contributed by atoms with Crippen LogP contribution < -0.4 is 5.73 Å². The van der Waals surface area contributed by atoms with Crippen LogP contribution in [0.2, 0.25) is 5.02 Å². The molecule has 0 spiro atoms. The van der Waals surface area contributed by atoms with E-state index in [1.54, 1.807) is 0 Å². The first kappa shape index (κ1) is 15.1. The van der Waals surface area contributed by atoms with E-state index in [9.17, 15) is 0 Å². The maximum absolute atomic E-state index is 8.80. The molecule has 1 saturated carbocycles. The second-order valence-electron chi connectivity index (χ2n) is 5.40. The predicted octanol–water partition coefficient (Wildman–Crippen LogP) is 1.87. The average molecular weight is 300 g/mol. The van der Waals surface area contributed by atoms with Gasteiger partial charge in [0.05, 0.1) is 23.0 Å². The van der Waals surface area contributed by atoms with Gasteiger partial charge in [0.25, 0.3) is 0 Å². The summed E-state index contributed by atoms with van der Waals surface area (Å²) >= 11 is 6.31. The summed E-state index contributed by atoms with van der Waals surface area (Å²) in [6, 6.07) is 0.460. The molecule has 3 N–H and O–H groups in total. The molecule has 0 aromatic carbocycles. The topological polar surface area (TPSA) is 79.7 Å². The van der Waals surface area contributed by atoms with Crippen molar-refractivity contribution in [3.8, 4) is 0 Å². The molecule has 0 saturated heterocycles. The molecule has 1 aliphatic carbocycles. The molecule has 6 nitrogen and oxygen atoms in total. The molecule has 1 heterocycles. The highest BCUT2D eigenvalue weighted by atomic mass is 35.5. The van der Waals surface area contributed by atoms with E-state index in [4.69, 9.17) is 22.5 Å². The summed E-state index contributed by atoms with van der Waals surface area (Å²) in [4.78, 5) is 2.23. The van der Waals surface area contributed by atoms with E-state index in [2.05, 4.69) is 15.2 Å². The number of amidine groups is 1. The number of nitrogens with two attached hydrogens (primary N) is 1. The number of nitrogens with zero attached hydrogens (tertiary/aromatic N) is 4. The molecule has 1 aliphatic rings. The van der Waals surface area contributed by atoms with Crippen LogP contribution in [-0.2, 0) is 13.6 Å². The van der Waals surface area contributed by atoms with Crippen molar-refractivity contribution in [2.75, 3.05) is 6.54 Å². The van der Waals surface area contributed by atoms with Crippen LogP contribution in [0.5, 0.6) is 0 Å². The standard InChI is InChI=1S/C13H22ClN5O/c1-9-13(14)11(18(2)16-9)7-19(8-12(15)17-20)10-5-3-4-6-10/h10,20H,3-8H2,1-2H3,(H2,15,17). The largest absolute Gasteiger partial charge is 0.409 e. The first-order valence-electron chi connectivity index (χ1n) is 6.91. The molecule has 0 unspecified atom stereocenters. The van der Waals surface area contributed by atoms with Gasteiger partial charge in [0.2, 0.25) is 0 Å². The quantitative estimate of drug-likeness (QED) is 0.376. The van der Waals surface area contributed by atoms with Crippen LogP contribution in [0.1, 0.15) is 37.1 Å². The van der Waals surface area contributed by atoms with E-state index in [-0.39, 0.29) is 5.84 Å². The summed E-state index contributed by atoms with van der Waals surface area (Å²) in [6.45, 7) is 3.01. The van der Waals surface area contributed by atoms with Gasteiger partial charge in [0.1, 0.15) is 0 Å². The van der Waals surface area contributed by atoms with E-state index in [1.807, 2.05) is 18.7 Å². The van der Waals surface area contributed by atoms with Crippen LogP contribution in [0.3, 0.4) is 0 Å².